The molecule has 0 aliphatic carbocycles. The van der Waals surface area contributed by atoms with Crippen LogP contribution in [0.4, 0.5) is 0 Å². The number of hydrogen-bond acceptors (Lipinski definition) is 5. The molecule has 5 heteroatoms. The van der Waals surface area contributed by atoms with Gasteiger partial charge >= 0.3 is 0 Å². The molecule has 2 atom stereocenters. The Balaban J connectivity index is 3.62. The number of ketones is 1. The summed E-state index contributed by atoms with van der Waals surface area (Å²) in [6.45, 7) is 5.75. The van der Waals surface area contributed by atoms with E-state index in [0.29, 0.717) is 5.75 Å². The van der Waals surface area contributed by atoms with Crippen LogP contribution in [0.2, 0.25) is 0 Å². The molecule has 0 aliphatic heterocycles. The molecule has 78 valence electrons. The van der Waals surface area contributed by atoms with Crippen molar-refractivity contribution in [3.63, 3.8) is 0 Å². The third-order valence-electron chi connectivity index (χ3n) is 1.39. The molecule has 2 unspecified atom stereocenters. The maximum atomic E-state index is 11.4. The second-order valence-electron chi connectivity index (χ2n) is 3.14. The molecule has 0 fully saturated rings. The summed E-state index contributed by atoms with van der Waals surface area (Å²) in [6.07, 6.45) is 0. The Morgan fingerprint density at radius 3 is 2.38 bits per heavy atom. The highest BCUT2D eigenvalue weighted by atomic mass is 33.1. The molecule has 0 saturated heterocycles. The third kappa shape index (κ3) is 6.71. The van der Waals surface area contributed by atoms with Crippen molar-refractivity contribution in [3.05, 3.63) is 0 Å². The van der Waals surface area contributed by atoms with Gasteiger partial charge in [-0.05, 0) is 6.92 Å². The van der Waals surface area contributed by atoms with Gasteiger partial charge in [-0.1, -0.05) is 35.4 Å². The maximum absolute atomic E-state index is 11.4. The lowest BCUT2D eigenvalue weighted by Crippen LogP contribution is -2.35. The van der Waals surface area contributed by atoms with E-state index in [-0.39, 0.29) is 22.3 Å². The summed E-state index contributed by atoms with van der Waals surface area (Å²) in [5.41, 5.74) is 5.70. The van der Waals surface area contributed by atoms with Crippen LogP contribution in [0.3, 0.4) is 0 Å². The Bertz CT molecular complexity index is 161. The van der Waals surface area contributed by atoms with E-state index in [9.17, 15) is 4.79 Å². The normalized spacial score (nSPS) is 15.8. The fourth-order valence-electron chi connectivity index (χ4n) is 0.721. The van der Waals surface area contributed by atoms with Gasteiger partial charge in [0.05, 0.1) is 10.6 Å². The second kappa shape index (κ2) is 7.04. The van der Waals surface area contributed by atoms with Crippen molar-refractivity contribution in [1.82, 2.24) is 0 Å². The minimum absolute atomic E-state index is 0.0361. The molecule has 0 heterocycles. The standard InChI is InChI=1S/C8H17NOS3/c1-5(2)8(10)7(9)4-12-13-6(3)11/h5-7,11H,4,9H2,1-3H3. The third-order valence-corrected chi connectivity index (χ3v) is 4.73. The first-order valence-electron chi connectivity index (χ1n) is 4.20. The van der Waals surface area contributed by atoms with Crippen LogP contribution in [-0.2, 0) is 4.79 Å². The quantitative estimate of drug-likeness (QED) is 0.424. The molecule has 0 aromatic heterocycles. The van der Waals surface area contributed by atoms with Crippen molar-refractivity contribution >= 4 is 40.0 Å². The van der Waals surface area contributed by atoms with Gasteiger partial charge in [0.15, 0.2) is 5.78 Å². The van der Waals surface area contributed by atoms with E-state index in [4.69, 9.17) is 5.73 Å². The van der Waals surface area contributed by atoms with Gasteiger partial charge < -0.3 is 5.73 Å². The molecule has 0 aliphatic rings. The highest BCUT2D eigenvalue weighted by molar-refractivity contribution is 8.78. The van der Waals surface area contributed by atoms with Crippen molar-refractivity contribution in [2.24, 2.45) is 11.7 Å². The molecule has 0 rings (SSSR count). The Hall–Kier alpha value is 0.680. The van der Waals surface area contributed by atoms with E-state index < -0.39 is 0 Å². The molecule has 0 spiro atoms. The van der Waals surface area contributed by atoms with Crippen LogP contribution in [0, 0.1) is 5.92 Å². The maximum Gasteiger partial charge on any atom is 0.152 e. The van der Waals surface area contributed by atoms with Gasteiger partial charge in [0.2, 0.25) is 0 Å². The first kappa shape index (κ1) is 13.7. The smallest absolute Gasteiger partial charge is 0.152 e. The fourth-order valence-corrected chi connectivity index (χ4v) is 3.12. The van der Waals surface area contributed by atoms with E-state index >= 15 is 0 Å². The van der Waals surface area contributed by atoms with Gasteiger partial charge in [-0.15, -0.1) is 0 Å². The summed E-state index contributed by atoms with van der Waals surface area (Å²) in [7, 11) is 3.25. The molecule has 0 amide bonds. The van der Waals surface area contributed by atoms with Crippen LogP contribution in [-0.4, -0.2) is 22.2 Å². The van der Waals surface area contributed by atoms with E-state index in [2.05, 4.69) is 12.6 Å². The highest BCUT2D eigenvalue weighted by Gasteiger charge is 2.16. The molecule has 2 nitrogen and oxygen atoms in total. The van der Waals surface area contributed by atoms with Crippen molar-refractivity contribution < 1.29 is 4.79 Å². The van der Waals surface area contributed by atoms with E-state index in [1.165, 1.54) is 0 Å². The summed E-state index contributed by atoms with van der Waals surface area (Å²) in [5.74, 6) is 0.848. The minimum Gasteiger partial charge on any atom is -0.321 e. The highest BCUT2D eigenvalue weighted by Crippen LogP contribution is 2.28. The van der Waals surface area contributed by atoms with Gasteiger partial charge in [0.1, 0.15) is 0 Å². The largest absolute Gasteiger partial charge is 0.321 e. The van der Waals surface area contributed by atoms with Crippen LogP contribution in [0.25, 0.3) is 0 Å². The molecule has 13 heavy (non-hydrogen) atoms. The summed E-state index contributed by atoms with van der Waals surface area (Å²) in [4.78, 5) is 11.4. The van der Waals surface area contributed by atoms with Gasteiger partial charge in [0, 0.05) is 11.7 Å². The first-order chi connectivity index (χ1) is 5.95. The Morgan fingerprint density at radius 1 is 1.46 bits per heavy atom. The molecule has 0 aromatic rings. The van der Waals surface area contributed by atoms with Crippen molar-refractivity contribution in [2.75, 3.05) is 5.75 Å². The molecule has 0 aromatic carbocycles. The zero-order valence-electron chi connectivity index (χ0n) is 8.19. The number of Topliss-reactive ketones (excluding diaryl/α,β-unsaturated/α-hetero) is 1. The van der Waals surface area contributed by atoms with Gasteiger partial charge in [-0.3, -0.25) is 4.79 Å². The van der Waals surface area contributed by atoms with E-state index in [1.54, 1.807) is 21.6 Å². The topological polar surface area (TPSA) is 43.1 Å². The number of thiol groups is 1. The van der Waals surface area contributed by atoms with E-state index in [0.717, 1.165) is 0 Å². The van der Waals surface area contributed by atoms with Crippen LogP contribution >= 0.6 is 34.2 Å². The molecular weight excluding hydrogens is 222 g/mol. The summed E-state index contributed by atoms with van der Waals surface area (Å²) in [6, 6.07) is -0.329. The lowest BCUT2D eigenvalue weighted by molar-refractivity contribution is -0.122. The fraction of sp³-hybridized carbons (Fsp3) is 0.875. The average Bonchev–Trinajstić information content (AvgIpc) is 2.02. The van der Waals surface area contributed by atoms with Crippen LogP contribution in [0.5, 0.6) is 0 Å². The molecule has 0 saturated carbocycles. The molecule has 2 N–H and O–H groups in total. The van der Waals surface area contributed by atoms with Gasteiger partial charge in [-0.25, -0.2) is 0 Å². The monoisotopic (exact) mass is 239 g/mol. The minimum atomic E-state index is -0.329. The number of nitrogens with two attached hydrogens (primary N) is 1. The SMILES string of the molecule is CC(S)SSCC(N)C(=O)C(C)C. The van der Waals surface area contributed by atoms with Crippen LogP contribution in [0.15, 0.2) is 0 Å². The van der Waals surface area contributed by atoms with Gasteiger partial charge in [-0.2, -0.15) is 12.6 Å². The van der Waals surface area contributed by atoms with Gasteiger partial charge in [0.25, 0.3) is 0 Å². The average molecular weight is 239 g/mol. The molecular formula is C8H17NOS3. The molecule has 0 radical (unpaired) electrons. The second-order valence-corrected chi connectivity index (χ2v) is 7.02. The number of carbonyl (C=O) groups is 1. The number of rotatable bonds is 6. The Labute approximate surface area is 93.6 Å². The zero-order chi connectivity index (χ0) is 10.4. The lowest BCUT2D eigenvalue weighted by atomic mass is 10.0. The number of hydrogen-bond donors (Lipinski definition) is 2. The molecule has 0 bridgehead atoms. The summed E-state index contributed by atoms with van der Waals surface area (Å²) < 4.78 is 0.284. The summed E-state index contributed by atoms with van der Waals surface area (Å²) in [5, 5.41) is 0. The van der Waals surface area contributed by atoms with Crippen molar-refractivity contribution in [1.29, 1.82) is 0 Å². The van der Waals surface area contributed by atoms with Crippen LogP contribution in [0.1, 0.15) is 20.8 Å². The van der Waals surface area contributed by atoms with Crippen LogP contribution < -0.4 is 5.73 Å². The lowest BCUT2D eigenvalue weighted by Gasteiger charge is -2.12. The number of carbonyl (C=O) groups excluding carboxylic acids is 1. The zero-order valence-corrected chi connectivity index (χ0v) is 10.7. The van der Waals surface area contributed by atoms with Crippen molar-refractivity contribution in [2.45, 2.75) is 31.4 Å². The Morgan fingerprint density at radius 2 is 2.00 bits per heavy atom. The first-order valence-corrected chi connectivity index (χ1v) is 7.10. The predicted octanol–water partition coefficient (Wildman–Crippen LogP) is 2.20. The van der Waals surface area contributed by atoms with Crippen molar-refractivity contribution in [3.8, 4) is 0 Å². The Kier molecular flexibility index (Phi) is 7.40. The predicted molar refractivity (Wildman–Crippen MR) is 66.3 cm³/mol. The van der Waals surface area contributed by atoms with E-state index in [1.807, 2.05) is 20.8 Å². The summed E-state index contributed by atoms with van der Waals surface area (Å²) >= 11 is 4.21.